The van der Waals surface area contributed by atoms with E-state index in [2.05, 4.69) is 181 Å². The third-order valence-corrected chi connectivity index (χ3v) is 18.8. The Hall–Kier alpha value is -4.98. The van der Waals surface area contributed by atoms with E-state index >= 15 is 0 Å². The predicted octanol–water partition coefficient (Wildman–Crippen LogP) is 13.5. The van der Waals surface area contributed by atoms with Crippen LogP contribution in [0.1, 0.15) is 135 Å². The molecule has 0 amide bonds. The molecule has 1 aromatic heterocycles. The van der Waals surface area contributed by atoms with Crippen molar-refractivity contribution in [2.75, 3.05) is 14.7 Å². The first kappa shape index (κ1) is 38.5. The smallest absolute Gasteiger partial charge is 0.264 e. The van der Waals surface area contributed by atoms with Crippen LogP contribution in [0.25, 0.3) is 0 Å². The van der Waals surface area contributed by atoms with Crippen LogP contribution in [0, 0.1) is 0 Å². The number of benzene rings is 5. The molecule has 0 radical (unpaired) electrons. The van der Waals surface area contributed by atoms with Crippen molar-refractivity contribution >= 4 is 79.3 Å². The van der Waals surface area contributed by atoms with E-state index in [0.717, 1.165) is 40.7 Å². The number of para-hydroxylation sites is 4. The van der Waals surface area contributed by atoms with Gasteiger partial charge in [0, 0.05) is 49.1 Å². The molecule has 1 saturated carbocycles. The van der Waals surface area contributed by atoms with Gasteiger partial charge in [-0.15, -0.1) is 11.3 Å². The Labute approximate surface area is 378 Å². The van der Waals surface area contributed by atoms with Crippen LogP contribution in [0.5, 0.6) is 11.5 Å². The number of hydrogen-bond donors (Lipinski definition) is 0. The quantitative estimate of drug-likeness (QED) is 0.154. The zero-order chi connectivity index (χ0) is 43.4. The van der Waals surface area contributed by atoms with E-state index in [1.165, 1.54) is 97.7 Å². The van der Waals surface area contributed by atoms with Crippen molar-refractivity contribution in [1.82, 2.24) is 0 Å². The van der Waals surface area contributed by atoms with Crippen LogP contribution >= 0.6 is 11.3 Å². The molecule has 7 heteroatoms. The molecule has 6 aromatic rings. The fourth-order valence-electron chi connectivity index (χ4n) is 13.9. The Balaban J connectivity index is 1.12. The molecule has 6 heterocycles. The van der Waals surface area contributed by atoms with Crippen molar-refractivity contribution < 1.29 is 9.47 Å². The number of nitrogens with zero attached hydrogens (tertiary/aromatic N) is 3. The van der Waals surface area contributed by atoms with Crippen LogP contribution in [-0.2, 0) is 32.2 Å². The summed E-state index contributed by atoms with van der Waals surface area (Å²) in [7, 11) is 0. The number of thiophene rings is 1. The van der Waals surface area contributed by atoms with E-state index in [1.54, 1.807) is 0 Å². The lowest BCUT2D eigenvalue weighted by molar-refractivity contribution is -0.104. The third-order valence-electron chi connectivity index (χ3n) is 17.2. The summed E-state index contributed by atoms with van der Waals surface area (Å²) in [4.78, 5) is 9.28. The van der Waals surface area contributed by atoms with Crippen molar-refractivity contribution in [1.29, 1.82) is 0 Å². The van der Waals surface area contributed by atoms with Gasteiger partial charge in [0.05, 0.1) is 33.8 Å². The summed E-state index contributed by atoms with van der Waals surface area (Å²) in [6, 6.07) is 37.0. The summed E-state index contributed by atoms with van der Waals surface area (Å²) >= 11 is 2.02. The average Bonchev–Trinajstić information content (AvgIpc) is 3.81. The minimum atomic E-state index is -0.421. The maximum atomic E-state index is 7.26. The maximum absolute atomic E-state index is 7.26. The summed E-state index contributed by atoms with van der Waals surface area (Å²) in [6.07, 6.45) is 7.21. The van der Waals surface area contributed by atoms with Gasteiger partial charge in [-0.1, -0.05) is 89.9 Å². The first-order chi connectivity index (χ1) is 30.0. The molecule has 0 saturated heterocycles. The molecule has 2 bridgehead atoms. The van der Waals surface area contributed by atoms with Gasteiger partial charge in [0.1, 0.15) is 0 Å². The second-order valence-corrected chi connectivity index (χ2v) is 23.6. The Morgan fingerprint density at radius 2 is 1.19 bits per heavy atom. The van der Waals surface area contributed by atoms with E-state index < -0.39 is 5.60 Å². The SMILES string of the molecule is CC1(C)CCC(C)(C)c2cc(N3c4ccc5c(c4)N(c4ccccc4Oc4ccccc43)c3ccc4c6c3B5c3sc5c(c3N6C3(C)CCCCC43C)C(C)(C)OC5(C)C)ccc21. The molecule has 0 N–H and O–H groups in total. The molecule has 5 aliphatic heterocycles. The number of rotatable bonds is 1. The highest BCUT2D eigenvalue weighted by Crippen LogP contribution is 2.66. The predicted molar refractivity (Wildman–Crippen MR) is 264 cm³/mol. The maximum Gasteiger partial charge on any atom is 0.264 e. The molecule has 5 aromatic carbocycles. The molecule has 318 valence electrons. The van der Waals surface area contributed by atoms with Gasteiger partial charge >= 0.3 is 0 Å². The van der Waals surface area contributed by atoms with Crippen LogP contribution in [0.4, 0.5) is 45.5 Å². The third kappa shape index (κ3) is 4.73. The molecule has 2 unspecified atom stereocenters. The summed E-state index contributed by atoms with van der Waals surface area (Å²) in [6.45, 7) is 24.1. The standard InChI is InChI=1S/C56H58BN3O2S/c1-51(2)29-30-52(3,4)37-31-33(21-23-35(37)51)58-34-22-25-38-42(32-34)59(40-18-12-14-20-44(40)61-43-19-13-11-17-39(43)58)41-26-24-36-47-46(41)57(38)50-48(45-49(63-50)54(7,8)62-53(45,5)6)60(47)56(10)28-16-15-27-55(36,56)9/h11-14,17-26,31-32H,15-16,27-30H2,1-10H3. The number of ether oxygens (including phenoxy) is 2. The van der Waals surface area contributed by atoms with E-state index in [9.17, 15) is 0 Å². The van der Waals surface area contributed by atoms with Gasteiger partial charge in [0.15, 0.2) is 11.5 Å². The highest BCUT2D eigenvalue weighted by molar-refractivity contribution is 7.29. The van der Waals surface area contributed by atoms with Crippen molar-refractivity contribution in [3.05, 3.63) is 124 Å². The summed E-state index contributed by atoms with van der Waals surface area (Å²) in [5, 5.41) is 0. The summed E-state index contributed by atoms with van der Waals surface area (Å²) in [5.41, 5.74) is 17.6. The first-order valence-electron chi connectivity index (χ1n) is 23.6. The molecule has 1 fully saturated rings. The lowest BCUT2D eigenvalue weighted by Gasteiger charge is -2.52. The molecular formula is C56H58BN3O2S. The summed E-state index contributed by atoms with van der Waals surface area (Å²) in [5.74, 6) is 1.68. The van der Waals surface area contributed by atoms with Gasteiger partial charge in [-0.25, -0.2) is 0 Å². The van der Waals surface area contributed by atoms with Crippen LogP contribution in [0.3, 0.4) is 0 Å². The number of hydrogen-bond acceptors (Lipinski definition) is 6. The van der Waals surface area contributed by atoms with Gasteiger partial charge < -0.3 is 24.2 Å². The highest BCUT2D eigenvalue weighted by Gasteiger charge is 2.64. The van der Waals surface area contributed by atoms with Crippen molar-refractivity contribution in [2.45, 2.75) is 141 Å². The fourth-order valence-corrected chi connectivity index (χ4v) is 15.5. The molecule has 2 aliphatic carbocycles. The average molecular weight is 848 g/mol. The fraction of sp³-hybridized carbons (Fsp3) is 0.393. The van der Waals surface area contributed by atoms with Crippen molar-refractivity contribution in [3.63, 3.8) is 0 Å². The second kappa shape index (κ2) is 12.0. The number of anilines is 8. The Kier molecular flexibility index (Phi) is 7.34. The normalized spacial score (nSPS) is 25.2. The van der Waals surface area contributed by atoms with Gasteiger partial charge in [-0.05, 0) is 153 Å². The molecule has 7 aliphatic rings. The van der Waals surface area contributed by atoms with Crippen molar-refractivity contribution in [3.8, 4) is 11.5 Å². The minimum absolute atomic E-state index is 0.00933. The van der Waals surface area contributed by atoms with Crippen LogP contribution in [0.2, 0.25) is 0 Å². The topological polar surface area (TPSA) is 28.2 Å². The highest BCUT2D eigenvalue weighted by atomic mass is 32.1. The van der Waals surface area contributed by atoms with E-state index in [4.69, 9.17) is 9.47 Å². The second-order valence-electron chi connectivity index (χ2n) is 22.6. The zero-order valence-electron chi connectivity index (χ0n) is 38.6. The Bertz CT molecular complexity index is 3020. The van der Waals surface area contributed by atoms with E-state index in [-0.39, 0.29) is 34.1 Å². The Morgan fingerprint density at radius 1 is 0.556 bits per heavy atom. The summed E-state index contributed by atoms with van der Waals surface area (Å²) < 4.78 is 15.7. The molecule has 2 atom stereocenters. The molecular weight excluding hydrogens is 790 g/mol. The first-order valence-corrected chi connectivity index (χ1v) is 24.4. The van der Waals surface area contributed by atoms with Gasteiger partial charge in [-0.3, -0.25) is 0 Å². The van der Waals surface area contributed by atoms with E-state index in [0.29, 0.717) is 0 Å². The number of fused-ring (bicyclic) bond motifs is 15. The lowest BCUT2D eigenvalue weighted by atomic mass is 9.36. The van der Waals surface area contributed by atoms with Crippen LogP contribution in [0.15, 0.2) is 97.1 Å². The zero-order valence-corrected chi connectivity index (χ0v) is 39.4. The van der Waals surface area contributed by atoms with Gasteiger partial charge in [0.25, 0.3) is 6.71 Å². The van der Waals surface area contributed by atoms with E-state index in [1.807, 2.05) is 11.3 Å². The molecule has 0 spiro atoms. The minimum Gasteiger partial charge on any atom is -0.453 e. The molecule has 13 rings (SSSR count). The van der Waals surface area contributed by atoms with Crippen LogP contribution in [-0.4, -0.2) is 12.3 Å². The van der Waals surface area contributed by atoms with Gasteiger partial charge in [-0.2, -0.15) is 0 Å². The molecule has 5 nitrogen and oxygen atoms in total. The van der Waals surface area contributed by atoms with Crippen molar-refractivity contribution in [2.24, 2.45) is 0 Å². The monoisotopic (exact) mass is 847 g/mol. The lowest BCUT2D eigenvalue weighted by Crippen LogP contribution is -2.64. The molecule has 63 heavy (non-hydrogen) atoms. The largest absolute Gasteiger partial charge is 0.453 e. The Morgan fingerprint density at radius 3 is 1.94 bits per heavy atom. The van der Waals surface area contributed by atoms with Gasteiger partial charge in [0.2, 0.25) is 0 Å². The van der Waals surface area contributed by atoms with Crippen LogP contribution < -0.4 is 35.1 Å².